The van der Waals surface area contributed by atoms with Gasteiger partial charge in [0.15, 0.2) is 0 Å². The van der Waals surface area contributed by atoms with Crippen molar-refractivity contribution >= 4 is 10.2 Å². The Balaban J connectivity index is 2.73. The molecule has 21 heavy (non-hydrogen) atoms. The lowest BCUT2D eigenvalue weighted by Gasteiger charge is -2.25. The number of hydrogen-bond acceptors (Lipinski definition) is 3. The molecule has 1 rings (SSSR count). The van der Waals surface area contributed by atoms with Gasteiger partial charge >= 0.3 is 0 Å². The van der Waals surface area contributed by atoms with Gasteiger partial charge in [0, 0.05) is 19.1 Å². The number of hydrogen-bond donors (Lipinski definition) is 2. The van der Waals surface area contributed by atoms with Gasteiger partial charge in [0.2, 0.25) is 0 Å². The molecule has 0 saturated carbocycles. The van der Waals surface area contributed by atoms with Crippen LogP contribution in [-0.4, -0.2) is 40.5 Å². The monoisotopic (exact) mass is 313 g/mol. The Morgan fingerprint density at radius 2 is 1.71 bits per heavy atom. The summed E-state index contributed by atoms with van der Waals surface area (Å²) in [6.07, 6.45) is 1.77. The molecule has 1 aromatic rings. The minimum Gasteiger partial charge on any atom is -0.301 e. The molecule has 1 aromatic carbocycles. The molecule has 0 bridgehead atoms. The predicted octanol–water partition coefficient (Wildman–Crippen LogP) is 1.69. The summed E-state index contributed by atoms with van der Waals surface area (Å²) in [6, 6.07) is 8.33. The summed E-state index contributed by atoms with van der Waals surface area (Å²) in [7, 11) is 0.481. The van der Waals surface area contributed by atoms with Crippen LogP contribution in [0.4, 0.5) is 0 Å². The highest BCUT2D eigenvalue weighted by molar-refractivity contribution is 7.87. The molecule has 0 saturated heterocycles. The Morgan fingerprint density at radius 1 is 1.10 bits per heavy atom. The van der Waals surface area contributed by atoms with E-state index in [1.807, 2.05) is 25.9 Å². The molecule has 120 valence electrons. The lowest BCUT2D eigenvalue weighted by molar-refractivity contribution is 0.299. The summed E-state index contributed by atoms with van der Waals surface area (Å²) in [6.45, 7) is 4.84. The van der Waals surface area contributed by atoms with Crippen molar-refractivity contribution in [2.45, 2.75) is 32.7 Å². The van der Waals surface area contributed by atoms with Crippen LogP contribution in [0.1, 0.15) is 37.4 Å². The zero-order chi connectivity index (χ0) is 15.9. The molecule has 0 aromatic heterocycles. The van der Waals surface area contributed by atoms with E-state index in [1.165, 1.54) is 5.56 Å². The first-order chi connectivity index (χ1) is 9.89. The largest absolute Gasteiger partial charge is 0.301 e. The molecule has 5 nitrogen and oxygen atoms in total. The molecule has 0 heterocycles. The average Bonchev–Trinajstić information content (AvgIpc) is 2.45. The summed E-state index contributed by atoms with van der Waals surface area (Å²) < 4.78 is 28.8. The SMILES string of the molecule is CCCNS(=O)(=O)NCC(c1ccc(CC)cc1)N(C)C. The van der Waals surface area contributed by atoms with Crippen LogP contribution in [0, 0.1) is 0 Å². The smallest absolute Gasteiger partial charge is 0.276 e. The minimum atomic E-state index is -3.42. The summed E-state index contributed by atoms with van der Waals surface area (Å²) in [5, 5.41) is 0. The number of likely N-dealkylation sites (N-methyl/N-ethyl adjacent to an activating group) is 1. The molecule has 0 aliphatic rings. The highest BCUT2D eigenvalue weighted by atomic mass is 32.2. The van der Waals surface area contributed by atoms with Crippen LogP contribution in [0.2, 0.25) is 0 Å². The Hall–Kier alpha value is -0.950. The quantitative estimate of drug-likeness (QED) is 0.729. The van der Waals surface area contributed by atoms with Crippen molar-refractivity contribution in [1.29, 1.82) is 0 Å². The molecule has 1 atom stereocenters. The second-order valence-electron chi connectivity index (χ2n) is 5.32. The summed E-state index contributed by atoms with van der Waals surface area (Å²) in [5.74, 6) is 0. The molecule has 2 N–H and O–H groups in total. The van der Waals surface area contributed by atoms with Gasteiger partial charge in [-0.2, -0.15) is 8.42 Å². The number of aryl methyl sites for hydroxylation is 1. The third kappa shape index (κ3) is 6.13. The Morgan fingerprint density at radius 3 is 2.19 bits per heavy atom. The van der Waals surface area contributed by atoms with Gasteiger partial charge in [0.25, 0.3) is 10.2 Å². The molecule has 6 heteroatoms. The number of nitrogens with one attached hydrogen (secondary N) is 2. The van der Waals surface area contributed by atoms with Crippen molar-refractivity contribution in [1.82, 2.24) is 14.3 Å². The van der Waals surface area contributed by atoms with Crippen LogP contribution in [0.15, 0.2) is 24.3 Å². The molecule has 0 radical (unpaired) electrons. The van der Waals surface area contributed by atoms with Crippen molar-refractivity contribution < 1.29 is 8.42 Å². The topological polar surface area (TPSA) is 61.4 Å². The van der Waals surface area contributed by atoms with E-state index in [-0.39, 0.29) is 6.04 Å². The van der Waals surface area contributed by atoms with Gasteiger partial charge in [-0.3, -0.25) is 0 Å². The van der Waals surface area contributed by atoms with Crippen LogP contribution < -0.4 is 9.44 Å². The molecule has 0 aliphatic carbocycles. The van der Waals surface area contributed by atoms with E-state index in [4.69, 9.17) is 0 Å². The number of rotatable bonds is 9. The second kappa shape index (κ2) is 8.48. The zero-order valence-electron chi connectivity index (χ0n) is 13.4. The van der Waals surface area contributed by atoms with Crippen LogP contribution >= 0.6 is 0 Å². The van der Waals surface area contributed by atoms with Gasteiger partial charge in [-0.25, -0.2) is 9.44 Å². The first-order valence-electron chi connectivity index (χ1n) is 7.39. The van der Waals surface area contributed by atoms with E-state index >= 15 is 0 Å². The average molecular weight is 313 g/mol. The maximum Gasteiger partial charge on any atom is 0.276 e. The van der Waals surface area contributed by atoms with E-state index in [2.05, 4.69) is 40.6 Å². The maximum atomic E-state index is 11.8. The van der Waals surface area contributed by atoms with Gasteiger partial charge in [-0.15, -0.1) is 0 Å². The first-order valence-corrected chi connectivity index (χ1v) is 8.87. The van der Waals surface area contributed by atoms with E-state index < -0.39 is 10.2 Å². The summed E-state index contributed by atoms with van der Waals surface area (Å²) >= 11 is 0. The van der Waals surface area contributed by atoms with E-state index in [1.54, 1.807) is 0 Å². The Bertz CT molecular complexity index is 512. The van der Waals surface area contributed by atoms with E-state index in [0.717, 1.165) is 18.4 Å². The molecular weight excluding hydrogens is 286 g/mol. The highest BCUT2D eigenvalue weighted by Gasteiger charge is 2.17. The molecule has 0 fully saturated rings. The third-order valence-electron chi connectivity index (χ3n) is 3.40. The molecule has 0 spiro atoms. The molecule has 0 aliphatic heterocycles. The number of nitrogens with zero attached hydrogens (tertiary/aromatic N) is 1. The van der Waals surface area contributed by atoms with Crippen molar-refractivity contribution in [3.05, 3.63) is 35.4 Å². The number of benzene rings is 1. The lowest BCUT2D eigenvalue weighted by atomic mass is 10.0. The fourth-order valence-corrected chi connectivity index (χ4v) is 3.00. The fraction of sp³-hybridized carbons (Fsp3) is 0.600. The fourth-order valence-electron chi connectivity index (χ4n) is 2.05. The van der Waals surface area contributed by atoms with Crippen molar-refractivity contribution in [2.75, 3.05) is 27.2 Å². The molecule has 0 amide bonds. The summed E-state index contributed by atoms with van der Waals surface area (Å²) in [4.78, 5) is 2.02. The van der Waals surface area contributed by atoms with Crippen molar-refractivity contribution in [2.24, 2.45) is 0 Å². The second-order valence-corrected chi connectivity index (χ2v) is 6.91. The van der Waals surface area contributed by atoms with Crippen LogP contribution in [-0.2, 0) is 16.6 Å². The maximum absolute atomic E-state index is 11.8. The van der Waals surface area contributed by atoms with E-state index in [0.29, 0.717) is 13.1 Å². The van der Waals surface area contributed by atoms with Crippen LogP contribution in [0.5, 0.6) is 0 Å². The van der Waals surface area contributed by atoms with Crippen molar-refractivity contribution in [3.8, 4) is 0 Å². The Kier molecular flexibility index (Phi) is 7.31. The molecular formula is C15H27N3O2S. The van der Waals surface area contributed by atoms with Gasteiger partial charge < -0.3 is 4.90 Å². The van der Waals surface area contributed by atoms with Crippen LogP contribution in [0.25, 0.3) is 0 Å². The first kappa shape index (κ1) is 18.1. The van der Waals surface area contributed by atoms with Gasteiger partial charge in [-0.05, 0) is 38.1 Å². The molecule has 1 unspecified atom stereocenters. The highest BCUT2D eigenvalue weighted by Crippen LogP contribution is 2.18. The van der Waals surface area contributed by atoms with E-state index in [9.17, 15) is 8.42 Å². The lowest BCUT2D eigenvalue weighted by Crippen LogP contribution is -2.41. The van der Waals surface area contributed by atoms with Gasteiger partial charge in [-0.1, -0.05) is 38.1 Å². The van der Waals surface area contributed by atoms with Crippen LogP contribution in [0.3, 0.4) is 0 Å². The Labute approximate surface area is 128 Å². The van der Waals surface area contributed by atoms with Crippen molar-refractivity contribution in [3.63, 3.8) is 0 Å². The normalized spacial score (nSPS) is 13.6. The third-order valence-corrected chi connectivity index (χ3v) is 4.54. The van der Waals surface area contributed by atoms with Gasteiger partial charge in [0.1, 0.15) is 0 Å². The summed E-state index contributed by atoms with van der Waals surface area (Å²) in [5.41, 5.74) is 2.39. The standard InChI is InChI=1S/C15H27N3O2S/c1-5-11-16-21(19,20)17-12-15(18(3)4)14-9-7-13(6-2)8-10-14/h7-10,15-17H,5-6,11-12H2,1-4H3. The zero-order valence-corrected chi connectivity index (χ0v) is 14.2. The van der Waals surface area contributed by atoms with Gasteiger partial charge in [0.05, 0.1) is 0 Å². The predicted molar refractivity (Wildman–Crippen MR) is 87.5 cm³/mol. The minimum absolute atomic E-state index is 0.00843.